The Bertz CT molecular complexity index is 769. The molecule has 0 spiro atoms. The zero-order chi connectivity index (χ0) is 17.1. The van der Waals surface area contributed by atoms with Gasteiger partial charge in [0.05, 0.1) is 6.10 Å². The molecule has 7 nitrogen and oxygen atoms in total. The van der Waals surface area contributed by atoms with E-state index in [1.165, 1.54) is 19.2 Å². The maximum absolute atomic E-state index is 12.5. The zero-order valence-electron chi connectivity index (χ0n) is 13.4. The van der Waals surface area contributed by atoms with Gasteiger partial charge < -0.3 is 10.4 Å². The van der Waals surface area contributed by atoms with Gasteiger partial charge in [-0.2, -0.15) is 5.10 Å². The molecule has 0 radical (unpaired) electrons. The van der Waals surface area contributed by atoms with Gasteiger partial charge >= 0.3 is 0 Å². The Balaban J connectivity index is 1.74. The van der Waals surface area contributed by atoms with Crippen LogP contribution in [0.25, 0.3) is 0 Å². The molecule has 0 saturated heterocycles. The number of nitrogens with zero attached hydrogens (tertiary/aromatic N) is 3. The van der Waals surface area contributed by atoms with E-state index >= 15 is 0 Å². The highest BCUT2D eigenvalue weighted by Crippen LogP contribution is 2.31. The van der Waals surface area contributed by atoms with Crippen LogP contribution in [0.15, 0.2) is 41.3 Å². The van der Waals surface area contributed by atoms with Crippen LogP contribution in [0.3, 0.4) is 0 Å². The number of aryl methyl sites for hydroxylation is 1. The monoisotopic (exact) mass is 328 g/mol. The van der Waals surface area contributed by atoms with E-state index in [4.69, 9.17) is 0 Å². The third-order valence-corrected chi connectivity index (χ3v) is 4.38. The van der Waals surface area contributed by atoms with E-state index in [2.05, 4.69) is 15.4 Å². The molecule has 24 heavy (non-hydrogen) atoms. The first kappa shape index (κ1) is 16.3. The Labute approximate surface area is 139 Å². The van der Waals surface area contributed by atoms with Gasteiger partial charge in [-0.15, -0.1) is 0 Å². The summed E-state index contributed by atoms with van der Waals surface area (Å²) in [5.41, 5.74) is 0.819. The van der Waals surface area contributed by atoms with E-state index in [1.54, 1.807) is 6.20 Å². The number of aromatic nitrogens is 3. The fraction of sp³-hybridized carbons (Fsp3) is 0.412. The average Bonchev–Trinajstić information content (AvgIpc) is 2.55. The third kappa shape index (κ3) is 3.68. The molecule has 0 bridgehead atoms. The van der Waals surface area contributed by atoms with E-state index in [9.17, 15) is 14.7 Å². The van der Waals surface area contributed by atoms with Crippen LogP contribution in [0.5, 0.6) is 0 Å². The van der Waals surface area contributed by atoms with Crippen molar-refractivity contribution in [2.24, 2.45) is 13.0 Å². The van der Waals surface area contributed by atoms with Crippen LogP contribution in [0.1, 0.15) is 29.0 Å². The number of carbonyl (C=O) groups excluding carboxylic acids is 1. The fourth-order valence-electron chi connectivity index (χ4n) is 2.90. The number of aliphatic hydroxyl groups excluding tert-OH is 1. The molecule has 1 saturated carbocycles. The van der Waals surface area contributed by atoms with Crippen LogP contribution < -0.4 is 10.9 Å². The molecule has 0 unspecified atom stereocenters. The third-order valence-electron chi connectivity index (χ3n) is 4.38. The summed E-state index contributed by atoms with van der Waals surface area (Å²) >= 11 is 0. The van der Waals surface area contributed by atoms with Crippen molar-refractivity contribution in [1.82, 2.24) is 20.1 Å². The van der Waals surface area contributed by atoms with Gasteiger partial charge in [0.25, 0.3) is 11.5 Å². The van der Waals surface area contributed by atoms with E-state index in [1.807, 2.05) is 18.2 Å². The predicted octanol–water partition coefficient (Wildman–Crippen LogP) is 0.287. The quantitative estimate of drug-likeness (QED) is 0.822. The minimum Gasteiger partial charge on any atom is -0.393 e. The lowest BCUT2D eigenvalue weighted by molar-refractivity contribution is 0.0237. The first-order valence-corrected chi connectivity index (χ1v) is 7.96. The number of nitrogens with one attached hydrogen (secondary N) is 1. The molecule has 1 fully saturated rings. The second-order valence-corrected chi connectivity index (χ2v) is 6.17. The van der Waals surface area contributed by atoms with E-state index in [-0.39, 0.29) is 35.2 Å². The molecule has 2 aromatic rings. The van der Waals surface area contributed by atoms with Crippen LogP contribution in [-0.2, 0) is 13.5 Å². The van der Waals surface area contributed by atoms with Gasteiger partial charge in [-0.1, -0.05) is 6.07 Å². The molecule has 1 amide bonds. The van der Waals surface area contributed by atoms with Gasteiger partial charge in [0.2, 0.25) is 0 Å². The van der Waals surface area contributed by atoms with Gasteiger partial charge in [-0.05, 0) is 37.0 Å². The standard InChI is InChI=1S/C17H20N4O3/c1-21-16(23)6-5-14(20-21)17(24)19-15(11-8-13(22)9-11)10-12-4-2-3-7-18-12/h2-7,11,13,15,22H,8-10H2,1H3,(H,19,24)/t11?,13?,15-/m1/s1. The number of hydrogen-bond donors (Lipinski definition) is 2. The van der Waals surface area contributed by atoms with Gasteiger partial charge in [-0.3, -0.25) is 14.6 Å². The Morgan fingerprint density at radius 3 is 2.79 bits per heavy atom. The SMILES string of the molecule is Cn1nc(C(=O)N[C@H](Cc2ccccn2)C2CC(O)C2)ccc1=O. The van der Waals surface area contributed by atoms with E-state index < -0.39 is 0 Å². The maximum Gasteiger partial charge on any atom is 0.271 e. The lowest BCUT2D eigenvalue weighted by Crippen LogP contribution is -2.48. The van der Waals surface area contributed by atoms with Crippen molar-refractivity contribution in [1.29, 1.82) is 0 Å². The smallest absolute Gasteiger partial charge is 0.271 e. The van der Waals surface area contributed by atoms with Crippen LogP contribution in [0, 0.1) is 5.92 Å². The Morgan fingerprint density at radius 1 is 1.38 bits per heavy atom. The number of pyridine rings is 1. The van der Waals surface area contributed by atoms with Gasteiger partial charge in [0.1, 0.15) is 5.69 Å². The van der Waals surface area contributed by atoms with E-state index in [0.29, 0.717) is 19.3 Å². The second kappa shape index (κ2) is 6.92. The van der Waals surface area contributed by atoms with E-state index in [0.717, 1.165) is 10.4 Å². The van der Waals surface area contributed by atoms with Crippen molar-refractivity contribution in [2.75, 3.05) is 0 Å². The summed E-state index contributed by atoms with van der Waals surface area (Å²) in [4.78, 5) is 28.2. The summed E-state index contributed by atoms with van der Waals surface area (Å²) in [6.07, 6.45) is 3.35. The summed E-state index contributed by atoms with van der Waals surface area (Å²) in [6.45, 7) is 0. The zero-order valence-corrected chi connectivity index (χ0v) is 13.4. The highest BCUT2D eigenvalue weighted by molar-refractivity contribution is 5.92. The molecule has 2 heterocycles. The molecule has 1 atom stereocenters. The Kier molecular flexibility index (Phi) is 4.71. The minimum atomic E-state index is -0.326. The van der Waals surface area contributed by atoms with Gasteiger partial charge in [-0.25, -0.2) is 4.68 Å². The molecule has 0 aliphatic heterocycles. The topological polar surface area (TPSA) is 97.1 Å². The van der Waals surface area contributed by atoms with Crippen molar-refractivity contribution < 1.29 is 9.90 Å². The minimum absolute atomic E-state index is 0.130. The van der Waals surface area contributed by atoms with Crippen molar-refractivity contribution >= 4 is 5.91 Å². The first-order chi connectivity index (χ1) is 11.5. The van der Waals surface area contributed by atoms with Gasteiger partial charge in [0.15, 0.2) is 0 Å². The first-order valence-electron chi connectivity index (χ1n) is 7.96. The molecule has 1 aliphatic rings. The highest BCUT2D eigenvalue weighted by Gasteiger charge is 2.35. The molecule has 1 aliphatic carbocycles. The average molecular weight is 328 g/mol. The second-order valence-electron chi connectivity index (χ2n) is 6.17. The molecule has 0 aromatic carbocycles. The van der Waals surface area contributed by atoms with Crippen LogP contribution in [0.4, 0.5) is 0 Å². The lowest BCUT2D eigenvalue weighted by Gasteiger charge is -2.38. The molecule has 7 heteroatoms. The molecule has 2 N–H and O–H groups in total. The van der Waals surface area contributed by atoms with Crippen LogP contribution in [-0.4, -0.2) is 37.9 Å². The lowest BCUT2D eigenvalue weighted by atomic mass is 9.76. The summed E-state index contributed by atoms with van der Waals surface area (Å²) in [5, 5.41) is 16.5. The summed E-state index contributed by atoms with van der Waals surface area (Å²) in [5.74, 6) is -0.119. The Morgan fingerprint density at radius 2 is 2.17 bits per heavy atom. The number of amides is 1. The van der Waals surface area contributed by atoms with Crippen LogP contribution >= 0.6 is 0 Å². The maximum atomic E-state index is 12.5. The fourth-order valence-corrected chi connectivity index (χ4v) is 2.90. The number of aliphatic hydroxyl groups is 1. The summed E-state index contributed by atoms with van der Waals surface area (Å²) in [6, 6.07) is 8.28. The molecular formula is C17H20N4O3. The van der Waals surface area contributed by atoms with Crippen LogP contribution in [0.2, 0.25) is 0 Å². The molecular weight excluding hydrogens is 308 g/mol. The number of carbonyl (C=O) groups is 1. The molecule has 126 valence electrons. The van der Waals surface area contributed by atoms with Crippen molar-refractivity contribution in [3.63, 3.8) is 0 Å². The van der Waals surface area contributed by atoms with Gasteiger partial charge in [0, 0.05) is 37.5 Å². The predicted molar refractivity (Wildman–Crippen MR) is 87.4 cm³/mol. The number of hydrogen-bond acceptors (Lipinski definition) is 5. The van der Waals surface area contributed by atoms with Crippen molar-refractivity contribution in [2.45, 2.75) is 31.4 Å². The summed E-state index contributed by atoms with van der Waals surface area (Å²) in [7, 11) is 1.51. The van der Waals surface area contributed by atoms with Crippen molar-refractivity contribution in [3.05, 3.63) is 58.3 Å². The number of rotatable bonds is 5. The normalized spacial score (nSPS) is 20.9. The van der Waals surface area contributed by atoms with Crippen molar-refractivity contribution in [3.8, 4) is 0 Å². The Hall–Kier alpha value is -2.54. The summed E-state index contributed by atoms with van der Waals surface area (Å²) < 4.78 is 1.13. The molecule has 2 aromatic heterocycles. The largest absolute Gasteiger partial charge is 0.393 e. The highest BCUT2D eigenvalue weighted by atomic mass is 16.3. The molecule has 3 rings (SSSR count).